The minimum Gasteiger partial charge on any atom is -0.465 e. The van der Waals surface area contributed by atoms with Crippen LogP contribution in [0.1, 0.15) is 33.6 Å². The number of carbonyl (C=O) groups is 3. The van der Waals surface area contributed by atoms with E-state index in [4.69, 9.17) is 4.74 Å². The third kappa shape index (κ3) is 6.28. The number of hydrogen-bond acceptors (Lipinski definition) is 8. The van der Waals surface area contributed by atoms with E-state index in [0.717, 1.165) is 44.4 Å². The normalized spacial score (nSPS) is 13.8. The molecule has 1 aliphatic rings. The van der Waals surface area contributed by atoms with Crippen molar-refractivity contribution >= 4 is 81.4 Å². The molecule has 37 heavy (non-hydrogen) atoms. The highest BCUT2D eigenvalue weighted by Crippen LogP contribution is 2.38. The fourth-order valence-electron chi connectivity index (χ4n) is 4.15. The Morgan fingerprint density at radius 1 is 1.22 bits per heavy atom. The molecular weight excluding hydrogens is 602 g/mol. The number of methoxy groups -OCH3 is 1. The van der Waals surface area contributed by atoms with Crippen molar-refractivity contribution in [1.82, 2.24) is 4.57 Å². The number of aromatic nitrogens is 1. The van der Waals surface area contributed by atoms with Crippen molar-refractivity contribution in [3.63, 3.8) is 0 Å². The van der Waals surface area contributed by atoms with Gasteiger partial charge >= 0.3 is 5.97 Å². The van der Waals surface area contributed by atoms with E-state index >= 15 is 0 Å². The van der Waals surface area contributed by atoms with Gasteiger partial charge in [0.05, 0.1) is 22.9 Å². The minimum atomic E-state index is -4.12. The number of amides is 2. The zero-order valence-corrected chi connectivity index (χ0v) is 23.9. The quantitative estimate of drug-likeness (QED) is 0.299. The third-order valence-corrected chi connectivity index (χ3v) is 9.82. The van der Waals surface area contributed by atoms with Crippen molar-refractivity contribution in [2.24, 2.45) is 4.99 Å². The lowest BCUT2D eigenvalue weighted by Crippen LogP contribution is -2.28. The van der Waals surface area contributed by atoms with E-state index in [-0.39, 0.29) is 10.6 Å². The van der Waals surface area contributed by atoms with Gasteiger partial charge in [-0.05, 0) is 49.4 Å². The molecule has 2 aromatic heterocycles. The molecule has 9 nitrogen and oxygen atoms in total. The molecule has 1 aliphatic carbocycles. The second-order valence-corrected chi connectivity index (χ2v) is 13.5. The Hall–Kier alpha value is -2.61. The Balaban J connectivity index is 1.51. The lowest BCUT2D eigenvalue weighted by molar-refractivity contribution is -0.115. The molecule has 0 saturated heterocycles. The number of nitrogens with one attached hydrogen (secondary N) is 1. The molecule has 0 saturated carbocycles. The highest BCUT2D eigenvalue weighted by molar-refractivity contribution is 9.10. The third-order valence-electron chi connectivity index (χ3n) is 5.68. The fourth-order valence-corrected chi connectivity index (χ4v) is 8.07. The van der Waals surface area contributed by atoms with Gasteiger partial charge in [0.15, 0.2) is 14.6 Å². The zero-order chi connectivity index (χ0) is 26.7. The van der Waals surface area contributed by atoms with Gasteiger partial charge in [0.1, 0.15) is 16.5 Å². The number of benzene rings is 1. The van der Waals surface area contributed by atoms with Crippen LogP contribution in [0.25, 0.3) is 10.2 Å². The number of aryl methyl sites for hydroxylation is 1. The van der Waals surface area contributed by atoms with Crippen LogP contribution < -0.4 is 10.1 Å². The van der Waals surface area contributed by atoms with Crippen LogP contribution in [-0.2, 0) is 43.5 Å². The molecule has 4 rings (SSSR count). The van der Waals surface area contributed by atoms with Crippen molar-refractivity contribution in [3.05, 3.63) is 56.1 Å². The molecule has 0 fully saturated rings. The molecule has 13 heteroatoms. The number of halogens is 1. The number of carbonyl (C=O) groups excluding carboxylic acids is 3. The summed E-state index contributed by atoms with van der Waals surface area (Å²) in [5.41, 5.74) is 1.96. The standard InChI is InChI=1S/C24H24BrN3O6S3/c1-3-10-28-16-9-8-14(25)11-18(16)36-24(28)27-20(30)13-37(32,33)12-19(29)26-22-21(23(31)34-2)15-6-4-5-7-17(15)35-22/h3,8-9,11H,1,4-7,10,12-13H2,2H3,(H,26,29). The summed E-state index contributed by atoms with van der Waals surface area (Å²) in [5, 5.41) is 2.83. The molecule has 0 unspecified atom stereocenters. The van der Waals surface area contributed by atoms with Crippen LogP contribution in [0.4, 0.5) is 5.00 Å². The van der Waals surface area contributed by atoms with Crippen LogP contribution in [-0.4, -0.2) is 49.4 Å². The Labute approximate surface area is 229 Å². The summed E-state index contributed by atoms with van der Waals surface area (Å²) in [7, 11) is -2.86. The van der Waals surface area contributed by atoms with Crippen molar-refractivity contribution in [2.45, 2.75) is 32.2 Å². The second kappa shape index (κ2) is 11.4. The van der Waals surface area contributed by atoms with Crippen molar-refractivity contribution in [2.75, 3.05) is 23.9 Å². The number of esters is 1. The average Bonchev–Trinajstić information content (AvgIpc) is 3.34. The molecule has 196 valence electrons. The van der Waals surface area contributed by atoms with Gasteiger partial charge in [-0.3, -0.25) is 9.59 Å². The Morgan fingerprint density at radius 3 is 2.70 bits per heavy atom. The minimum absolute atomic E-state index is 0.275. The Bertz CT molecular complexity index is 1580. The number of rotatable bonds is 8. The topological polar surface area (TPSA) is 124 Å². The summed E-state index contributed by atoms with van der Waals surface area (Å²) in [6.07, 6.45) is 5.04. The van der Waals surface area contributed by atoms with Crippen LogP contribution in [0, 0.1) is 0 Å². The van der Waals surface area contributed by atoms with E-state index in [1.54, 1.807) is 10.6 Å². The first-order chi connectivity index (χ1) is 17.6. The Kier molecular flexibility index (Phi) is 8.46. The number of fused-ring (bicyclic) bond motifs is 2. The summed E-state index contributed by atoms with van der Waals surface area (Å²) >= 11 is 5.92. The monoisotopic (exact) mass is 625 g/mol. The fraction of sp³-hybridized carbons (Fsp3) is 0.333. The van der Waals surface area contributed by atoms with Gasteiger partial charge in [-0.1, -0.05) is 33.3 Å². The highest BCUT2D eigenvalue weighted by atomic mass is 79.9. The SMILES string of the molecule is C=CCn1c(=NC(=O)CS(=O)(=O)CC(=O)Nc2sc3c(c2C(=O)OC)CCCC3)sc2cc(Br)ccc21. The summed E-state index contributed by atoms with van der Waals surface area (Å²) in [6, 6.07) is 5.61. The van der Waals surface area contributed by atoms with Crippen molar-refractivity contribution < 1.29 is 27.5 Å². The average molecular weight is 627 g/mol. The number of anilines is 1. The summed E-state index contributed by atoms with van der Waals surface area (Å²) in [6.45, 7) is 4.11. The van der Waals surface area contributed by atoms with Crippen LogP contribution in [0.15, 0.2) is 40.3 Å². The van der Waals surface area contributed by atoms with Crippen LogP contribution >= 0.6 is 38.6 Å². The molecule has 2 amide bonds. The summed E-state index contributed by atoms with van der Waals surface area (Å²) in [4.78, 5) is 42.9. The van der Waals surface area contributed by atoms with Crippen LogP contribution in [0.3, 0.4) is 0 Å². The number of thiophene rings is 1. The van der Waals surface area contributed by atoms with Gasteiger partial charge in [-0.2, -0.15) is 4.99 Å². The number of hydrogen-bond donors (Lipinski definition) is 1. The van der Waals surface area contributed by atoms with E-state index in [1.807, 2.05) is 18.2 Å². The highest BCUT2D eigenvalue weighted by Gasteiger charge is 2.28. The molecule has 0 atom stereocenters. The lowest BCUT2D eigenvalue weighted by Gasteiger charge is -2.11. The molecule has 1 N–H and O–H groups in total. The van der Waals surface area contributed by atoms with Crippen LogP contribution in [0.5, 0.6) is 0 Å². The maximum Gasteiger partial charge on any atom is 0.341 e. The van der Waals surface area contributed by atoms with Gasteiger partial charge in [0, 0.05) is 15.9 Å². The largest absolute Gasteiger partial charge is 0.465 e. The maximum absolute atomic E-state index is 12.7. The molecule has 0 aliphatic heterocycles. The molecule has 2 heterocycles. The summed E-state index contributed by atoms with van der Waals surface area (Å²) in [5.74, 6) is -4.11. The molecule has 3 aromatic rings. The molecule has 0 bridgehead atoms. The smallest absolute Gasteiger partial charge is 0.341 e. The molecular formula is C24H24BrN3O6S3. The summed E-state index contributed by atoms with van der Waals surface area (Å²) < 4.78 is 33.7. The number of nitrogens with zero attached hydrogens (tertiary/aromatic N) is 2. The van der Waals surface area contributed by atoms with E-state index in [1.165, 1.54) is 29.8 Å². The van der Waals surface area contributed by atoms with E-state index in [2.05, 4.69) is 32.8 Å². The van der Waals surface area contributed by atoms with Gasteiger partial charge in [-0.25, -0.2) is 13.2 Å². The first-order valence-corrected chi connectivity index (χ1v) is 15.6. The first-order valence-electron chi connectivity index (χ1n) is 11.3. The molecule has 1 aromatic carbocycles. The zero-order valence-electron chi connectivity index (χ0n) is 19.9. The number of thiazole rings is 1. The number of ether oxygens (including phenoxy) is 1. The first kappa shape index (κ1) is 27.4. The van der Waals surface area contributed by atoms with Gasteiger partial charge < -0.3 is 14.6 Å². The number of allylic oxidation sites excluding steroid dienone is 1. The second-order valence-electron chi connectivity index (χ2n) is 8.39. The molecule has 0 radical (unpaired) electrons. The van der Waals surface area contributed by atoms with Crippen molar-refractivity contribution in [3.8, 4) is 0 Å². The van der Waals surface area contributed by atoms with E-state index < -0.39 is 39.1 Å². The Morgan fingerprint density at radius 2 is 1.97 bits per heavy atom. The van der Waals surface area contributed by atoms with E-state index in [0.29, 0.717) is 17.8 Å². The maximum atomic E-state index is 12.7. The predicted molar refractivity (Wildman–Crippen MR) is 148 cm³/mol. The number of sulfone groups is 1. The van der Waals surface area contributed by atoms with Gasteiger partial charge in [0.25, 0.3) is 5.91 Å². The van der Waals surface area contributed by atoms with Gasteiger partial charge in [-0.15, -0.1) is 17.9 Å². The van der Waals surface area contributed by atoms with Gasteiger partial charge in [0.2, 0.25) is 5.91 Å². The van der Waals surface area contributed by atoms with Crippen LogP contribution in [0.2, 0.25) is 0 Å². The van der Waals surface area contributed by atoms with E-state index in [9.17, 15) is 22.8 Å². The lowest BCUT2D eigenvalue weighted by atomic mass is 9.95. The molecule has 0 spiro atoms. The predicted octanol–water partition coefficient (Wildman–Crippen LogP) is 3.86. The van der Waals surface area contributed by atoms with Crippen molar-refractivity contribution in [1.29, 1.82) is 0 Å².